The fourth-order valence-electron chi connectivity index (χ4n) is 1.79. The van der Waals surface area contributed by atoms with Gasteiger partial charge in [0.15, 0.2) is 0 Å². The number of alkyl halides is 1. The van der Waals surface area contributed by atoms with Gasteiger partial charge in [0.2, 0.25) is 0 Å². The molecule has 0 spiro atoms. The molecule has 0 N–H and O–H groups in total. The largest absolute Gasteiger partial charge is 0.272 e. The number of hydrogen-bond acceptors (Lipinski definition) is 4. The van der Waals surface area contributed by atoms with Crippen LogP contribution in [0.25, 0.3) is 0 Å². The van der Waals surface area contributed by atoms with E-state index in [4.69, 9.17) is 11.6 Å². The lowest BCUT2D eigenvalue weighted by molar-refractivity contribution is -0.385. The van der Waals surface area contributed by atoms with E-state index in [0.29, 0.717) is 17.8 Å². The number of rotatable bonds is 4. The molecule has 1 aromatic carbocycles. The van der Waals surface area contributed by atoms with Crippen molar-refractivity contribution in [1.82, 2.24) is 15.0 Å². The summed E-state index contributed by atoms with van der Waals surface area (Å²) < 4.78 is 1.63. The monoisotopic (exact) mass is 280 g/mol. The molecule has 0 radical (unpaired) electrons. The van der Waals surface area contributed by atoms with Gasteiger partial charge >= 0.3 is 0 Å². The number of hydrogen-bond donors (Lipinski definition) is 0. The maximum atomic E-state index is 10.9. The van der Waals surface area contributed by atoms with Gasteiger partial charge in [0, 0.05) is 11.6 Å². The molecule has 2 rings (SSSR count). The van der Waals surface area contributed by atoms with Crippen molar-refractivity contribution in [3.63, 3.8) is 0 Å². The molecule has 0 fully saturated rings. The molecule has 1 unspecified atom stereocenters. The summed E-state index contributed by atoms with van der Waals surface area (Å²) in [6.45, 7) is 3.98. The normalized spacial score (nSPS) is 12.4. The molecule has 0 amide bonds. The van der Waals surface area contributed by atoms with E-state index in [1.54, 1.807) is 23.9 Å². The molecule has 7 heteroatoms. The van der Waals surface area contributed by atoms with E-state index in [0.717, 1.165) is 5.56 Å². The van der Waals surface area contributed by atoms with Crippen molar-refractivity contribution in [2.45, 2.75) is 25.8 Å². The van der Waals surface area contributed by atoms with Crippen molar-refractivity contribution in [2.75, 3.05) is 0 Å². The summed E-state index contributed by atoms with van der Waals surface area (Å²) in [6.07, 6.45) is 1.75. The van der Waals surface area contributed by atoms with Crippen molar-refractivity contribution in [3.8, 4) is 0 Å². The Labute approximate surface area is 115 Å². The highest BCUT2D eigenvalue weighted by molar-refractivity contribution is 6.20. The first-order valence-electron chi connectivity index (χ1n) is 5.76. The second kappa shape index (κ2) is 5.36. The van der Waals surface area contributed by atoms with Gasteiger partial charge in [-0.05, 0) is 19.4 Å². The minimum atomic E-state index is -0.383. The molecule has 1 aromatic heterocycles. The fraction of sp³-hybridized carbons (Fsp3) is 0.333. The molecule has 1 heterocycles. The Morgan fingerprint density at radius 1 is 1.53 bits per heavy atom. The van der Waals surface area contributed by atoms with Gasteiger partial charge in [-0.3, -0.25) is 10.1 Å². The highest BCUT2D eigenvalue weighted by Gasteiger charge is 2.14. The first kappa shape index (κ1) is 13.5. The smallest absolute Gasteiger partial charge is 0.258 e. The van der Waals surface area contributed by atoms with Crippen LogP contribution in [0.3, 0.4) is 0 Å². The van der Waals surface area contributed by atoms with Crippen LogP contribution in [0.15, 0.2) is 24.4 Å². The van der Waals surface area contributed by atoms with Gasteiger partial charge in [0.1, 0.15) is 5.69 Å². The fourth-order valence-corrected chi connectivity index (χ4v) is 1.89. The maximum absolute atomic E-state index is 10.9. The standard InChI is InChI=1S/C12H13ClN4O2/c1-8-10(4-3-5-12(8)17(18)19)6-16-7-11(9(2)13)14-15-16/h3-5,7,9H,6H2,1-2H3. The van der Waals surface area contributed by atoms with Crippen molar-refractivity contribution in [3.05, 3.63) is 51.3 Å². The highest BCUT2D eigenvalue weighted by Crippen LogP contribution is 2.22. The SMILES string of the molecule is Cc1c(Cn2cc(C(C)Cl)nn2)cccc1[N+](=O)[O-]. The molecule has 0 aliphatic carbocycles. The number of nitro groups is 1. The zero-order chi connectivity index (χ0) is 14.0. The number of nitro benzene ring substituents is 1. The third-order valence-corrected chi connectivity index (χ3v) is 3.13. The molecule has 1 atom stereocenters. The Balaban J connectivity index is 2.28. The Bertz CT molecular complexity index is 610. The second-order valence-corrected chi connectivity index (χ2v) is 4.93. The van der Waals surface area contributed by atoms with Crippen LogP contribution in [0.1, 0.15) is 29.1 Å². The minimum Gasteiger partial charge on any atom is -0.258 e. The van der Waals surface area contributed by atoms with E-state index in [1.165, 1.54) is 6.07 Å². The molecule has 19 heavy (non-hydrogen) atoms. The van der Waals surface area contributed by atoms with E-state index in [-0.39, 0.29) is 16.0 Å². The first-order valence-corrected chi connectivity index (χ1v) is 6.19. The molecule has 0 aliphatic heterocycles. The van der Waals surface area contributed by atoms with Gasteiger partial charge in [0.25, 0.3) is 5.69 Å². The predicted molar refractivity (Wildman–Crippen MR) is 71.2 cm³/mol. The van der Waals surface area contributed by atoms with Crippen molar-refractivity contribution in [1.29, 1.82) is 0 Å². The van der Waals surface area contributed by atoms with E-state index in [1.807, 2.05) is 13.0 Å². The molecule has 6 nitrogen and oxygen atoms in total. The third kappa shape index (κ3) is 2.90. The van der Waals surface area contributed by atoms with Crippen LogP contribution in [-0.2, 0) is 6.54 Å². The van der Waals surface area contributed by atoms with E-state index in [2.05, 4.69) is 10.3 Å². The molecular formula is C12H13ClN4O2. The summed E-state index contributed by atoms with van der Waals surface area (Å²) in [7, 11) is 0. The molecular weight excluding hydrogens is 268 g/mol. The Morgan fingerprint density at radius 2 is 2.26 bits per heavy atom. The molecule has 0 aliphatic rings. The molecule has 0 bridgehead atoms. The van der Waals surface area contributed by atoms with Crippen molar-refractivity contribution < 1.29 is 4.92 Å². The van der Waals surface area contributed by atoms with E-state index >= 15 is 0 Å². The number of nitrogens with zero attached hydrogens (tertiary/aromatic N) is 4. The lowest BCUT2D eigenvalue weighted by Crippen LogP contribution is -2.04. The first-order chi connectivity index (χ1) is 8.99. The van der Waals surface area contributed by atoms with Crippen LogP contribution in [0.2, 0.25) is 0 Å². The summed E-state index contributed by atoms with van der Waals surface area (Å²) in [5, 5.41) is 18.6. The number of aromatic nitrogens is 3. The van der Waals surface area contributed by atoms with E-state index in [9.17, 15) is 10.1 Å². The average Bonchev–Trinajstić information content (AvgIpc) is 2.80. The molecule has 0 saturated carbocycles. The summed E-state index contributed by atoms with van der Waals surface area (Å²) in [6, 6.07) is 5.00. The van der Waals surface area contributed by atoms with Crippen LogP contribution >= 0.6 is 11.6 Å². The Hall–Kier alpha value is -1.95. The van der Waals surface area contributed by atoms with Gasteiger partial charge < -0.3 is 0 Å². The number of benzene rings is 1. The second-order valence-electron chi connectivity index (χ2n) is 4.28. The van der Waals surface area contributed by atoms with Crippen LogP contribution < -0.4 is 0 Å². The number of halogens is 1. The van der Waals surface area contributed by atoms with Gasteiger partial charge in [-0.2, -0.15) is 0 Å². The van der Waals surface area contributed by atoms with Crippen molar-refractivity contribution >= 4 is 17.3 Å². The topological polar surface area (TPSA) is 73.8 Å². The van der Waals surface area contributed by atoms with E-state index < -0.39 is 0 Å². The van der Waals surface area contributed by atoms with Gasteiger partial charge in [-0.25, -0.2) is 4.68 Å². The van der Waals surface area contributed by atoms with Crippen LogP contribution in [-0.4, -0.2) is 19.9 Å². The molecule has 2 aromatic rings. The molecule has 0 saturated heterocycles. The summed E-state index contributed by atoms with van der Waals surface area (Å²) in [5.41, 5.74) is 2.28. The Morgan fingerprint density at radius 3 is 2.84 bits per heavy atom. The van der Waals surface area contributed by atoms with Gasteiger partial charge in [-0.1, -0.05) is 17.3 Å². The van der Waals surface area contributed by atoms with Crippen LogP contribution in [0, 0.1) is 17.0 Å². The van der Waals surface area contributed by atoms with Crippen molar-refractivity contribution in [2.24, 2.45) is 0 Å². The average molecular weight is 281 g/mol. The predicted octanol–water partition coefficient (Wildman–Crippen LogP) is 2.84. The summed E-state index contributed by atoms with van der Waals surface area (Å²) >= 11 is 5.91. The Kier molecular flexibility index (Phi) is 3.80. The summed E-state index contributed by atoms with van der Waals surface area (Å²) in [5.74, 6) is 0. The minimum absolute atomic E-state index is 0.114. The molecule has 100 valence electrons. The van der Waals surface area contributed by atoms with Gasteiger partial charge in [-0.15, -0.1) is 16.7 Å². The van der Waals surface area contributed by atoms with Crippen LogP contribution in [0.4, 0.5) is 5.69 Å². The zero-order valence-corrected chi connectivity index (χ0v) is 11.3. The van der Waals surface area contributed by atoms with Gasteiger partial charge in [0.05, 0.1) is 23.0 Å². The lowest BCUT2D eigenvalue weighted by atomic mass is 10.1. The lowest BCUT2D eigenvalue weighted by Gasteiger charge is -2.05. The highest BCUT2D eigenvalue weighted by atomic mass is 35.5. The summed E-state index contributed by atoms with van der Waals surface area (Å²) in [4.78, 5) is 10.5. The maximum Gasteiger partial charge on any atom is 0.272 e. The zero-order valence-electron chi connectivity index (χ0n) is 10.6. The quantitative estimate of drug-likeness (QED) is 0.490. The van der Waals surface area contributed by atoms with Crippen LogP contribution in [0.5, 0.6) is 0 Å². The third-order valence-electron chi connectivity index (χ3n) is 2.91.